The fraction of sp³-hybridized carbons (Fsp3) is 0.909. The van der Waals surface area contributed by atoms with Gasteiger partial charge >= 0.3 is 5.97 Å². The van der Waals surface area contributed by atoms with Gasteiger partial charge in [-0.1, -0.05) is 20.8 Å². The minimum absolute atomic E-state index is 0.0462. The summed E-state index contributed by atoms with van der Waals surface area (Å²) in [5.74, 6) is -1.25. The van der Waals surface area contributed by atoms with Gasteiger partial charge in [0.05, 0.1) is 12.0 Å². The second kappa shape index (κ2) is 2.51. The second-order valence-electron chi connectivity index (χ2n) is 5.59. The molecule has 80 valence electrons. The Morgan fingerprint density at radius 3 is 2.21 bits per heavy atom. The summed E-state index contributed by atoms with van der Waals surface area (Å²) in [7, 11) is 0. The van der Waals surface area contributed by atoms with Gasteiger partial charge in [-0.25, -0.2) is 0 Å². The third-order valence-electron chi connectivity index (χ3n) is 5.09. The van der Waals surface area contributed by atoms with Gasteiger partial charge in [-0.3, -0.25) is 4.79 Å². The van der Waals surface area contributed by atoms with Crippen molar-refractivity contribution < 1.29 is 15.0 Å². The van der Waals surface area contributed by atoms with Gasteiger partial charge in [0.1, 0.15) is 0 Å². The number of carboxylic acid groups (broad SMARTS) is 1. The van der Waals surface area contributed by atoms with Crippen LogP contribution in [0.2, 0.25) is 0 Å². The molecule has 0 aromatic heterocycles. The lowest BCUT2D eigenvalue weighted by Gasteiger charge is -2.36. The van der Waals surface area contributed by atoms with Crippen molar-refractivity contribution in [3.63, 3.8) is 0 Å². The van der Waals surface area contributed by atoms with Gasteiger partial charge in [-0.05, 0) is 29.6 Å². The van der Waals surface area contributed by atoms with Gasteiger partial charge in [0.2, 0.25) is 0 Å². The molecule has 2 aliphatic rings. The van der Waals surface area contributed by atoms with Crippen LogP contribution in [0.3, 0.4) is 0 Å². The molecule has 14 heavy (non-hydrogen) atoms. The largest absolute Gasteiger partial charge is 0.481 e. The molecule has 0 heterocycles. The van der Waals surface area contributed by atoms with Gasteiger partial charge in [0.15, 0.2) is 0 Å². The summed E-state index contributed by atoms with van der Waals surface area (Å²) in [6.07, 6.45) is 1.22. The van der Waals surface area contributed by atoms with Crippen LogP contribution in [0.5, 0.6) is 0 Å². The Labute approximate surface area is 84.1 Å². The summed E-state index contributed by atoms with van der Waals surface area (Å²) < 4.78 is 0. The molecule has 2 saturated carbocycles. The van der Waals surface area contributed by atoms with Crippen LogP contribution >= 0.6 is 0 Å². The number of carboxylic acids is 1. The van der Waals surface area contributed by atoms with Crippen molar-refractivity contribution in [2.75, 3.05) is 0 Å². The van der Waals surface area contributed by atoms with E-state index in [1.807, 2.05) is 6.92 Å². The maximum absolute atomic E-state index is 11.1. The molecule has 2 N–H and O–H groups in total. The predicted molar refractivity (Wildman–Crippen MR) is 51.7 cm³/mol. The first-order valence-electron chi connectivity index (χ1n) is 5.23. The van der Waals surface area contributed by atoms with Crippen LogP contribution in [-0.4, -0.2) is 22.3 Å². The average Bonchev–Trinajstić information content (AvgIpc) is 2.35. The minimum atomic E-state index is -0.834. The monoisotopic (exact) mass is 198 g/mol. The van der Waals surface area contributed by atoms with E-state index in [9.17, 15) is 9.90 Å². The van der Waals surface area contributed by atoms with Gasteiger partial charge in [0.25, 0.3) is 0 Å². The quantitative estimate of drug-likeness (QED) is 0.671. The zero-order valence-electron chi connectivity index (χ0n) is 8.95. The predicted octanol–water partition coefficient (Wildman–Crippen LogP) is 1.50. The van der Waals surface area contributed by atoms with Gasteiger partial charge < -0.3 is 10.2 Å². The van der Waals surface area contributed by atoms with Crippen molar-refractivity contribution in [1.82, 2.24) is 0 Å². The lowest BCUT2D eigenvalue weighted by atomic mass is 9.70. The minimum Gasteiger partial charge on any atom is -0.481 e. The maximum atomic E-state index is 11.1. The number of carbonyl (C=O) groups is 1. The smallest absolute Gasteiger partial charge is 0.309 e. The Balaban J connectivity index is 2.44. The first kappa shape index (κ1) is 9.97. The lowest BCUT2D eigenvalue weighted by molar-refractivity contribution is -0.149. The fourth-order valence-electron chi connectivity index (χ4n) is 3.64. The molecule has 0 aromatic rings. The van der Waals surface area contributed by atoms with E-state index < -0.39 is 18.0 Å². The number of aliphatic hydroxyl groups is 1. The Bertz CT molecular complexity index is 284. The number of aliphatic hydroxyl groups excluding tert-OH is 1. The van der Waals surface area contributed by atoms with E-state index in [0.717, 1.165) is 12.8 Å². The first-order valence-corrected chi connectivity index (χ1v) is 5.23. The zero-order chi connectivity index (χ0) is 10.7. The van der Waals surface area contributed by atoms with Gasteiger partial charge in [-0.15, -0.1) is 0 Å². The van der Waals surface area contributed by atoms with Gasteiger partial charge in [0, 0.05) is 0 Å². The number of fused-ring (bicyclic) bond motifs is 2. The third kappa shape index (κ3) is 0.842. The van der Waals surface area contributed by atoms with E-state index in [4.69, 9.17) is 5.11 Å². The highest BCUT2D eigenvalue weighted by atomic mass is 16.4. The van der Waals surface area contributed by atoms with E-state index in [-0.39, 0.29) is 16.7 Å². The molecular weight excluding hydrogens is 180 g/mol. The number of hydrogen-bond donors (Lipinski definition) is 2. The van der Waals surface area contributed by atoms with Crippen molar-refractivity contribution in [2.45, 2.75) is 39.7 Å². The molecule has 2 rings (SSSR count). The zero-order valence-corrected chi connectivity index (χ0v) is 8.95. The van der Waals surface area contributed by atoms with Crippen LogP contribution in [-0.2, 0) is 4.79 Å². The summed E-state index contributed by atoms with van der Waals surface area (Å²) in [5, 5.41) is 19.2. The van der Waals surface area contributed by atoms with Crippen LogP contribution in [0.4, 0.5) is 0 Å². The molecule has 0 aromatic carbocycles. The number of rotatable bonds is 1. The molecule has 2 bridgehead atoms. The summed E-state index contributed by atoms with van der Waals surface area (Å²) in [6, 6.07) is 0. The van der Waals surface area contributed by atoms with E-state index in [0.29, 0.717) is 0 Å². The van der Waals surface area contributed by atoms with E-state index >= 15 is 0 Å². The second-order valence-corrected chi connectivity index (χ2v) is 5.59. The molecule has 0 aliphatic heterocycles. The van der Waals surface area contributed by atoms with Crippen LogP contribution in [0, 0.1) is 22.7 Å². The highest BCUT2D eigenvalue weighted by molar-refractivity contribution is 5.72. The van der Waals surface area contributed by atoms with Crippen molar-refractivity contribution in [3.05, 3.63) is 0 Å². The molecule has 2 fully saturated rings. The van der Waals surface area contributed by atoms with E-state index in [2.05, 4.69) is 13.8 Å². The summed E-state index contributed by atoms with van der Waals surface area (Å²) in [5.41, 5.74) is -0.254. The van der Waals surface area contributed by atoms with Crippen LogP contribution < -0.4 is 0 Å². The Kier molecular flexibility index (Phi) is 1.79. The fourth-order valence-corrected chi connectivity index (χ4v) is 3.64. The molecule has 0 radical (unpaired) electrons. The maximum Gasteiger partial charge on any atom is 0.309 e. The molecule has 3 nitrogen and oxygen atoms in total. The molecule has 0 saturated heterocycles. The lowest BCUT2D eigenvalue weighted by Crippen LogP contribution is -2.39. The number of hydrogen-bond acceptors (Lipinski definition) is 2. The molecule has 0 unspecified atom stereocenters. The van der Waals surface area contributed by atoms with Crippen molar-refractivity contribution in [2.24, 2.45) is 22.7 Å². The summed E-state index contributed by atoms with van der Waals surface area (Å²) in [4.78, 5) is 11.1. The first-order chi connectivity index (χ1) is 6.32. The van der Waals surface area contributed by atoms with Crippen LogP contribution in [0.25, 0.3) is 0 Å². The normalized spacial score (nSPS) is 49.6. The van der Waals surface area contributed by atoms with Crippen LogP contribution in [0.15, 0.2) is 0 Å². The number of aliphatic carboxylic acids is 1. The van der Waals surface area contributed by atoms with Crippen LogP contribution in [0.1, 0.15) is 33.6 Å². The van der Waals surface area contributed by atoms with Crippen molar-refractivity contribution >= 4 is 5.97 Å². The topological polar surface area (TPSA) is 57.5 Å². The van der Waals surface area contributed by atoms with Crippen molar-refractivity contribution in [3.8, 4) is 0 Å². The molecule has 3 heteroatoms. The molecule has 4 atom stereocenters. The van der Waals surface area contributed by atoms with Gasteiger partial charge in [-0.2, -0.15) is 0 Å². The third-order valence-corrected chi connectivity index (χ3v) is 5.09. The highest BCUT2D eigenvalue weighted by Gasteiger charge is 2.67. The summed E-state index contributed by atoms with van der Waals surface area (Å²) in [6.45, 7) is 6.22. The van der Waals surface area contributed by atoms with Crippen molar-refractivity contribution in [1.29, 1.82) is 0 Å². The SMILES string of the molecule is CC1(C)[C@@H]2CC[C@@]1(C)[C@@H](O)[C@@H]2C(=O)O. The average molecular weight is 198 g/mol. The highest BCUT2D eigenvalue weighted by Crippen LogP contribution is 2.67. The Morgan fingerprint density at radius 2 is 1.93 bits per heavy atom. The van der Waals surface area contributed by atoms with E-state index in [1.54, 1.807) is 0 Å². The molecule has 0 amide bonds. The Morgan fingerprint density at radius 1 is 1.36 bits per heavy atom. The summed E-state index contributed by atoms with van der Waals surface area (Å²) >= 11 is 0. The standard InChI is InChI=1S/C11H18O3/c1-10(2)6-4-5-11(10,3)8(12)7(6)9(13)14/h6-8,12H,4-5H2,1-3H3,(H,13,14)/t6-,7-,8+,11+/m1/s1. The molecule has 2 aliphatic carbocycles. The molecular formula is C11H18O3. The Hall–Kier alpha value is -0.570. The molecule has 0 spiro atoms. The van der Waals surface area contributed by atoms with E-state index in [1.165, 1.54) is 0 Å².